The fourth-order valence-electron chi connectivity index (χ4n) is 1.41. The third-order valence-electron chi connectivity index (χ3n) is 2.56. The first-order chi connectivity index (χ1) is 9.65. The number of allylic oxidation sites excluding steroid dienone is 4. The third kappa shape index (κ3) is 23.2. The van der Waals surface area contributed by atoms with Crippen molar-refractivity contribution in [2.24, 2.45) is 5.41 Å². The maximum atomic E-state index is 9.00. The minimum atomic E-state index is -0.833. The summed E-state index contributed by atoms with van der Waals surface area (Å²) in [5.41, 5.74) is 4.39. The molecular formula is C16H27HfO6-. The van der Waals surface area contributed by atoms with Crippen LogP contribution in [0.2, 0.25) is 0 Å². The van der Waals surface area contributed by atoms with E-state index in [1.165, 1.54) is 16.7 Å². The van der Waals surface area contributed by atoms with E-state index in [2.05, 4.69) is 40.7 Å². The molecule has 23 heavy (non-hydrogen) atoms. The summed E-state index contributed by atoms with van der Waals surface area (Å²) < 4.78 is 0. The molecule has 0 spiro atoms. The van der Waals surface area contributed by atoms with Crippen molar-refractivity contribution < 1.29 is 55.5 Å². The van der Waals surface area contributed by atoms with Crippen molar-refractivity contribution in [2.75, 3.05) is 0 Å². The summed E-state index contributed by atoms with van der Waals surface area (Å²) in [6.45, 7) is 14.2. The summed E-state index contributed by atoms with van der Waals surface area (Å²) in [6, 6.07) is 0. The zero-order valence-electron chi connectivity index (χ0n) is 15.1. The molecule has 0 saturated heterocycles. The average Bonchev–Trinajstić information content (AvgIpc) is 2.39. The summed E-state index contributed by atoms with van der Waals surface area (Å²) in [5, 5.41) is 22.2. The van der Waals surface area contributed by atoms with Crippen molar-refractivity contribution in [3.8, 4) is 0 Å². The Morgan fingerprint density at radius 1 is 0.826 bits per heavy atom. The molecule has 1 aliphatic rings. The summed E-state index contributed by atoms with van der Waals surface area (Å²) in [7, 11) is 0. The first-order valence-corrected chi connectivity index (χ1v) is 6.53. The van der Waals surface area contributed by atoms with Gasteiger partial charge >= 0.3 is 0 Å². The maximum Gasteiger partial charge on any atom is 0.300 e. The standard InChI is InChI=1S/C10H15.3C2H4O2.Hf/c1-7-6-10(4,5)9(3)8(7)2;3*1-2(3)4;/h1-5H3;3*1H3,(H,3,4);/q-1;;;;. The van der Waals surface area contributed by atoms with Crippen LogP contribution in [-0.4, -0.2) is 33.2 Å². The molecule has 0 atom stereocenters. The van der Waals surface area contributed by atoms with Gasteiger partial charge in [0.1, 0.15) is 0 Å². The quantitative estimate of drug-likeness (QED) is 0.352. The largest absolute Gasteiger partial charge is 0.481 e. The van der Waals surface area contributed by atoms with Gasteiger partial charge in [-0.3, -0.25) is 20.5 Å². The van der Waals surface area contributed by atoms with Gasteiger partial charge in [-0.05, 0) is 0 Å². The molecule has 0 radical (unpaired) electrons. The molecule has 0 aliphatic heterocycles. The Hall–Kier alpha value is -1.24. The molecule has 0 bridgehead atoms. The first-order valence-electron chi connectivity index (χ1n) is 6.53. The molecule has 1 rings (SSSR count). The van der Waals surface area contributed by atoms with Gasteiger partial charge in [-0.25, -0.2) is 5.57 Å². The number of hydrogen-bond donors (Lipinski definition) is 3. The van der Waals surface area contributed by atoms with Crippen LogP contribution in [0.5, 0.6) is 0 Å². The Balaban J connectivity index is -0.000000118. The Bertz CT molecular complexity index is 421. The van der Waals surface area contributed by atoms with Crippen LogP contribution in [0, 0.1) is 11.5 Å². The van der Waals surface area contributed by atoms with E-state index in [1.807, 2.05) is 0 Å². The molecule has 1 aliphatic carbocycles. The molecule has 7 heteroatoms. The van der Waals surface area contributed by atoms with Gasteiger partial charge in [0.15, 0.2) is 0 Å². The monoisotopic (exact) mass is 495 g/mol. The number of hydrogen-bond acceptors (Lipinski definition) is 3. The summed E-state index contributed by atoms with van der Waals surface area (Å²) in [4.78, 5) is 27.0. The van der Waals surface area contributed by atoms with E-state index < -0.39 is 17.9 Å². The Kier molecular flexibility index (Phi) is 18.6. The minimum Gasteiger partial charge on any atom is -0.481 e. The second-order valence-corrected chi connectivity index (χ2v) is 5.18. The zero-order valence-corrected chi connectivity index (χ0v) is 18.7. The number of carboxylic acids is 3. The Morgan fingerprint density at radius 2 is 1.04 bits per heavy atom. The van der Waals surface area contributed by atoms with Crippen LogP contribution >= 0.6 is 0 Å². The van der Waals surface area contributed by atoms with Crippen molar-refractivity contribution >= 4 is 17.9 Å². The molecule has 0 heterocycles. The van der Waals surface area contributed by atoms with Crippen molar-refractivity contribution in [3.63, 3.8) is 0 Å². The van der Waals surface area contributed by atoms with Gasteiger partial charge in [-0.2, -0.15) is 11.1 Å². The molecule has 0 fully saturated rings. The summed E-state index contributed by atoms with van der Waals surface area (Å²) in [6.07, 6.45) is 3.44. The van der Waals surface area contributed by atoms with E-state index in [-0.39, 0.29) is 31.3 Å². The Morgan fingerprint density at radius 3 is 1.09 bits per heavy atom. The van der Waals surface area contributed by atoms with Crippen molar-refractivity contribution in [2.45, 2.75) is 55.4 Å². The molecule has 3 N–H and O–H groups in total. The fraction of sp³-hybridized carbons (Fsp3) is 0.562. The van der Waals surface area contributed by atoms with Crippen LogP contribution in [0.3, 0.4) is 0 Å². The topological polar surface area (TPSA) is 112 Å². The van der Waals surface area contributed by atoms with Gasteiger partial charge < -0.3 is 15.3 Å². The van der Waals surface area contributed by atoms with Gasteiger partial charge in [-0.15, -0.1) is 6.92 Å². The normalized spacial score (nSPS) is 13.5. The smallest absolute Gasteiger partial charge is 0.300 e. The van der Waals surface area contributed by atoms with Crippen LogP contribution in [0.1, 0.15) is 55.4 Å². The van der Waals surface area contributed by atoms with Crippen LogP contribution in [0.4, 0.5) is 0 Å². The predicted molar refractivity (Wildman–Crippen MR) is 84.5 cm³/mol. The van der Waals surface area contributed by atoms with Gasteiger partial charge in [0.05, 0.1) is 0 Å². The van der Waals surface area contributed by atoms with E-state index >= 15 is 0 Å². The average molecular weight is 494 g/mol. The number of aliphatic carboxylic acids is 3. The SMILES string of the molecule is CC(=O)O.CC(=O)O.CC(=O)O.CC1=[C-]C(C)(C)C(C)=C1C.[Hf]. The second-order valence-electron chi connectivity index (χ2n) is 5.18. The van der Waals surface area contributed by atoms with Crippen LogP contribution in [-0.2, 0) is 40.2 Å². The first kappa shape index (κ1) is 29.7. The summed E-state index contributed by atoms with van der Waals surface area (Å²) >= 11 is 0. The van der Waals surface area contributed by atoms with Crippen LogP contribution in [0.15, 0.2) is 16.7 Å². The van der Waals surface area contributed by atoms with Gasteiger partial charge in [-0.1, -0.05) is 33.1 Å². The second kappa shape index (κ2) is 14.4. The van der Waals surface area contributed by atoms with Crippen molar-refractivity contribution in [3.05, 3.63) is 22.8 Å². The maximum absolute atomic E-state index is 9.00. The molecule has 0 unspecified atom stereocenters. The molecule has 0 amide bonds. The van der Waals surface area contributed by atoms with Crippen LogP contribution in [0.25, 0.3) is 0 Å². The third-order valence-corrected chi connectivity index (χ3v) is 2.56. The molecule has 132 valence electrons. The van der Waals surface area contributed by atoms with E-state index in [1.54, 1.807) is 0 Å². The Labute approximate surface area is 157 Å². The van der Waals surface area contributed by atoms with Crippen molar-refractivity contribution in [1.29, 1.82) is 0 Å². The van der Waals surface area contributed by atoms with E-state index in [4.69, 9.17) is 29.7 Å². The van der Waals surface area contributed by atoms with E-state index in [9.17, 15) is 0 Å². The van der Waals surface area contributed by atoms with E-state index in [0.29, 0.717) is 0 Å². The predicted octanol–water partition coefficient (Wildman–Crippen LogP) is 3.38. The van der Waals surface area contributed by atoms with Gasteiger partial charge in [0.2, 0.25) is 0 Å². The van der Waals surface area contributed by atoms with E-state index in [0.717, 1.165) is 20.8 Å². The molecule has 0 aromatic heterocycles. The molecule has 0 aromatic carbocycles. The van der Waals surface area contributed by atoms with Crippen molar-refractivity contribution in [1.82, 2.24) is 0 Å². The summed E-state index contributed by atoms with van der Waals surface area (Å²) in [5.74, 6) is -2.50. The number of rotatable bonds is 0. The number of carboxylic acid groups (broad SMARTS) is 3. The molecule has 0 saturated carbocycles. The van der Waals surface area contributed by atoms with Gasteiger partial charge in [0.25, 0.3) is 17.9 Å². The molecular weight excluding hydrogens is 467 g/mol. The minimum absolute atomic E-state index is 0. The fourth-order valence-corrected chi connectivity index (χ4v) is 1.41. The molecule has 6 nitrogen and oxygen atoms in total. The molecule has 0 aromatic rings. The van der Waals surface area contributed by atoms with Crippen LogP contribution < -0.4 is 0 Å². The number of carbonyl (C=O) groups is 3. The van der Waals surface area contributed by atoms with Gasteiger partial charge in [0, 0.05) is 46.6 Å². The zero-order chi connectivity index (χ0) is 18.7.